The van der Waals surface area contributed by atoms with Crippen molar-refractivity contribution in [1.82, 2.24) is 0 Å². The maximum Gasteiger partial charge on any atom is 0.367 e. The Hall–Kier alpha value is 0.0700. The molecule has 0 amide bonds. The normalized spacial score (nSPS) is 25.7. The largest absolute Gasteiger partial charge is 0.367 e. The van der Waals surface area contributed by atoms with E-state index >= 15 is 0 Å². The third-order valence-corrected chi connectivity index (χ3v) is 0.794. The number of halogens is 3. The molecule has 0 aliphatic carbocycles. The molecule has 1 fully saturated rings. The second kappa shape index (κ2) is 1.27. The summed E-state index contributed by atoms with van der Waals surface area (Å²) in [5.41, 5.74) is 0. The van der Waals surface area contributed by atoms with Gasteiger partial charge < -0.3 is 0 Å². The van der Waals surface area contributed by atoms with Crippen LogP contribution in [-0.4, -0.2) is 11.7 Å². The van der Waals surface area contributed by atoms with Crippen molar-refractivity contribution in [2.75, 3.05) is 0 Å². The van der Waals surface area contributed by atoms with Crippen LogP contribution in [0.2, 0.25) is 0 Å². The Balaban J connectivity index is 2.39. The van der Waals surface area contributed by atoms with E-state index in [1.54, 1.807) is 0 Å². The molecule has 7 heavy (non-hydrogen) atoms. The molecule has 0 saturated carbocycles. The van der Waals surface area contributed by atoms with Crippen molar-refractivity contribution >= 4 is 11.6 Å². The Morgan fingerprint density at radius 1 is 1.43 bits per heavy atom. The quantitative estimate of drug-likeness (QED) is 0.302. The van der Waals surface area contributed by atoms with Crippen molar-refractivity contribution in [3.63, 3.8) is 0 Å². The Labute approximate surface area is 42.9 Å². The lowest BCUT2D eigenvalue weighted by Gasteiger charge is -1.89. The van der Waals surface area contributed by atoms with Crippen LogP contribution in [0.3, 0.4) is 0 Å². The van der Waals surface area contributed by atoms with Gasteiger partial charge in [0.25, 0.3) is 0 Å². The molecule has 0 radical (unpaired) electrons. The van der Waals surface area contributed by atoms with E-state index in [0.717, 1.165) is 0 Å². The fraction of sp³-hybridized carbons (Fsp3) is 1.00. The highest BCUT2D eigenvalue weighted by Gasteiger charge is 2.56. The average Bonchev–Trinajstić information content (AvgIpc) is 2.21. The van der Waals surface area contributed by atoms with Crippen LogP contribution in [-0.2, 0) is 9.78 Å². The van der Waals surface area contributed by atoms with Crippen molar-refractivity contribution < 1.29 is 18.6 Å². The van der Waals surface area contributed by atoms with E-state index in [9.17, 15) is 8.78 Å². The minimum absolute atomic E-state index is 2.11. The first kappa shape index (κ1) is 5.21. The van der Waals surface area contributed by atoms with Crippen LogP contribution in [0.1, 0.15) is 0 Å². The van der Waals surface area contributed by atoms with Gasteiger partial charge >= 0.3 is 11.7 Å². The van der Waals surface area contributed by atoms with Gasteiger partial charge in [-0.25, -0.2) is 8.78 Å². The molecule has 0 N–H and O–H groups in total. The lowest BCUT2D eigenvalue weighted by molar-refractivity contribution is 0.0850. The Bertz CT molecular complexity index is 81.8. The van der Waals surface area contributed by atoms with Crippen molar-refractivity contribution in [2.24, 2.45) is 0 Å². The summed E-state index contributed by atoms with van der Waals surface area (Å²) in [4.78, 5) is 7.35. The standard InChI is InChI=1S/C2HClF2O2/c3-2(1(4)5)6-7-2/h1H. The predicted octanol–water partition coefficient (Wildman–Crippen LogP) is 1.11. The van der Waals surface area contributed by atoms with Gasteiger partial charge in [-0.1, -0.05) is 0 Å². The Kier molecular flexibility index (Phi) is 0.948. The SMILES string of the molecule is FC(F)C1(Cl)OO1. The van der Waals surface area contributed by atoms with Crippen molar-refractivity contribution in [3.8, 4) is 0 Å². The fourth-order valence-electron chi connectivity index (χ4n) is 0.113. The summed E-state index contributed by atoms with van der Waals surface area (Å²) >= 11 is 4.78. The number of hydrogen-bond donors (Lipinski definition) is 0. The zero-order valence-corrected chi connectivity index (χ0v) is 3.78. The van der Waals surface area contributed by atoms with E-state index in [1.165, 1.54) is 0 Å². The molecule has 5 heteroatoms. The molecule has 1 aliphatic heterocycles. The van der Waals surface area contributed by atoms with E-state index in [0.29, 0.717) is 0 Å². The molecule has 0 aromatic rings. The first-order valence-corrected chi connectivity index (χ1v) is 1.87. The molecule has 0 aromatic carbocycles. The third-order valence-electron chi connectivity index (χ3n) is 0.503. The van der Waals surface area contributed by atoms with Gasteiger partial charge in [0.2, 0.25) is 0 Å². The van der Waals surface area contributed by atoms with Gasteiger partial charge in [-0.2, -0.15) is 9.78 Å². The van der Waals surface area contributed by atoms with Crippen LogP contribution in [0.25, 0.3) is 0 Å². The molecular formula is C2HClF2O2. The smallest absolute Gasteiger partial charge is 0.202 e. The Morgan fingerprint density at radius 2 is 1.86 bits per heavy atom. The molecule has 1 saturated heterocycles. The van der Waals surface area contributed by atoms with Crippen LogP contribution >= 0.6 is 11.6 Å². The molecule has 1 rings (SSSR count). The summed E-state index contributed by atoms with van der Waals surface area (Å²) in [7, 11) is 0. The van der Waals surface area contributed by atoms with Crippen LogP contribution < -0.4 is 0 Å². The van der Waals surface area contributed by atoms with Gasteiger partial charge in [0, 0.05) is 0 Å². The van der Waals surface area contributed by atoms with Crippen molar-refractivity contribution in [3.05, 3.63) is 0 Å². The van der Waals surface area contributed by atoms with Gasteiger partial charge in [0.1, 0.15) is 0 Å². The molecule has 0 atom stereocenters. The fourth-order valence-corrected chi connectivity index (χ4v) is 0.144. The van der Waals surface area contributed by atoms with Gasteiger partial charge in [-0.05, 0) is 11.6 Å². The summed E-state index contributed by atoms with van der Waals surface area (Å²) in [6, 6.07) is 0. The predicted molar refractivity (Wildman–Crippen MR) is 16.8 cm³/mol. The van der Waals surface area contributed by atoms with Crippen molar-refractivity contribution in [2.45, 2.75) is 11.7 Å². The van der Waals surface area contributed by atoms with Gasteiger partial charge in [0.05, 0.1) is 0 Å². The highest BCUT2D eigenvalue weighted by Crippen LogP contribution is 2.39. The number of alkyl halides is 3. The molecule has 42 valence electrons. The van der Waals surface area contributed by atoms with Crippen LogP contribution in [0.15, 0.2) is 0 Å². The summed E-state index contributed by atoms with van der Waals surface area (Å²) in [6.07, 6.45) is -2.77. The van der Waals surface area contributed by atoms with E-state index < -0.39 is 11.7 Å². The summed E-state index contributed by atoms with van der Waals surface area (Å²) in [5.74, 6) is 0. The number of hydrogen-bond acceptors (Lipinski definition) is 2. The minimum Gasteiger partial charge on any atom is -0.202 e. The number of rotatable bonds is 1. The second-order valence-electron chi connectivity index (χ2n) is 1.05. The average molecular weight is 130 g/mol. The monoisotopic (exact) mass is 130 g/mol. The minimum atomic E-state index is -2.77. The summed E-state index contributed by atoms with van der Waals surface area (Å²) in [6.45, 7) is 0. The van der Waals surface area contributed by atoms with Crippen molar-refractivity contribution in [1.29, 1.82) is 0 Å². The van der Waals surface area contributed by atoms with E-state index in [2.05, 4.69) is 9.78 Å². The first-order valence-electron chi connectivity index (χ1n) is 1.49. The lowest BCUT2D eigenvalue weighted by atomic mass is 10.7. The molecule has 1 heterocycles. The topological polar surface area (TPSA) is 25.1 Å². The molecule has 2 nitrogen and oxygen atoms in total. The maximum atomic E-state index is 11.2. The second-order valence-corrected chi connectivity index (χ2v) is 1.58. The maximum absolute atomic E-state index is 11.2. The molecule has 1 aliphatic rings. The highest BCUT2D eigenvalue weighted by molar-refractivity contribution is 6.23. The van der Waals surface area contributed by atoms with E-state index in [-0.39, 0.29) is 0 Å². The van der Waals surface area contributed by atoms with Gasteiger partial charge in [-0.3, -0.25) is 0 Å². The summed E-state index contributed by atoms with van der Waals surface area (Å²) < 4.78 is 22.4. The van der Waals surface area contributed by atoms with E-state index in [1.807, 2.05) is 0 Å². The first-order chi connectivity index (χ1) is 3.15. The molecular weight excluding hydrogens is 129 g/mol. The van der Waals surface area contributed by atoms with Crippen LogP contribution in [0, 0.1) is 0 Å². The summed E-state index contributed by atoms with van der Waals surface area (Å²) in [5, 5.41) is -2.11. The van der Waals surface area contributed by atoms with Crippen LogP contribution in [0.5, 0.6) is 0 Å². The Morgan fingerprint density at radius 3 is 1.86 bits per heavy atom. The van der Waals surface area contributed by atoms with Crippen LogP contribution in [0.4, 0.5) is 8.78 Å². The molecule has 0 aromatic heterocycles. The zero-order valence-electron chi connectivity index (χ0n) is 3.03. The van der Waals surface area contributed by atoms with E-state index in [4.69, 9.17) is 11.6 Å². The third kappa shape index (κ3) is 0.821. The van der Waals surface area contributed by atoms with Gasteiger partial charge in [0.15, 0.2) is 0 Å². The molecule has 0 spiro atoms. The highest BCUT2D eigenvalue weighted by atomic mass is 35.5. The zero-order chi connectivity index (χ0) is 5.49. The lowest BCUT2D eigenvalue weighted by Crippen LogP contribution is -2.11. The molecule has 0 bridgehead atoms. The van der Waals surface area contributed by atoms with Gasteiger partial charge in [-0.15, -0.1) is 0 Å². The molecule has 0 unspecified atom stereocenters.